The van der Waals surface area contributed by atoms with Crippen LogP contribution in [-0.4, -0.2) is 17.9 Å². The molecule has 0 aliphatic carbocycles. The smallest absolute Gasteiger partial charge is 0.206 e. The molecule has 2 heterocycles. The molecule has 0 radical (unpaired) electrons. The van der Waals surface area contributed by atoms with Crippen LogP contribution in [0.4, 0.5) is 4.39 Å². The molecular weight excluding hydrogens is 229 g/mol. The molecule has 0 aromatic carbocycles. The van der Waals surface area contributed by atoms with Crippen molar-refractivity contribution in [2.24, 2.45) is 0 Å². The Bertz CT molecular complexity index is 524. The monoisotopic (exact) mass is 237 g/mol. The minimum absolute atomic E-state index is 0.0273. The molecule has 82 valence electrons. The molecular formula is C11H8FNO2S. The van der Waals surface area contributed by atoms with Crippen molar-refractivity contribution < 1.29 is 13.9 Å². The lowest BCUT2D eigenvalue weighted by molar-refractivity contribution is 0.103. The molecule has 0 fully saturated rings. The van der Waals surface area contributed by atoms with Crippen LogP contribution in [0.15, 0.2) is 29.9 Å². The zero-order chi connectivity index (χ0) is 11.5. The topological polar surface area (TPSA) is 39.2 Å². The number of hydrogen-bond acceptors (Lipinski definition) is 4. The summed E-state index contributed by atoms with van der Waals surface area (Å²) >= 11 is 1.22. The van der Waals surface area contributed by atoms with Gasteiger partial charge in [0.2, 0.25) is 5.78 Å². The Hall–Kier alpha value is -1.75. The van der Waals surface area contributed by atoms with Crippen LogP contribution in [0.5, 0.6) is 5.75 Å². The van der Waals surface area contributed by atoms with Crippen molar-refractivity contribution in [3.8, 4) is 5.75 Å². The van der Waals surface area contributed by atoms with E-state index in [0.717, 1.165) is 6.20 Å². The third kappa shape index (κ3) is 1.94. The van der Waals surface area contributed by atoms with Crippen molar-refractivity contribution in [2.45, 2.75) is 0 Å². The van der Waals surface area contributed by atoms with Crippen LogP contribution in [-0.2, 0) is 0 Å². The van der Waals surface area contributed by atoms with Crippen molar-refractivity contribution in [3.05, 3.63) is 46.2 Å². The number of carbonyl (C=O) groups is 1. The van der Waals surface area contributed by atoms with E-state index < -0.39 is 5.82 Å². The number of nitrogens with zero attached hydrogens (tertiary/aromatic N) is 1. The third-order valence-corrected chi connectivity index (χ3v) is 2.96. The number of hydrogen-bond donors (Lipinski definition) is 0. The third-order valence-electron chi connectivity index (χ3n) is 2.05. The van der Waals surface area contributed by atoms with Crippen molar-refractivity contribution in [2.75, 3.05) is 7.11 Å². The summed E-state index contributed by atoms with van der Waals surface area (Å²) in [5, 5.41) is 1.70. The average Bonchev–Trinajstić information content (AvgIpc) is 2.77. The van der Waals surface area contributed by atoms with Crippen LogP contribution in [0.25, 0.3) is 0 Å². The Morgan fingerprint density at radius 2 is 2.38 bits per heavy atom. The van der Waals surface area contributed by atoms with E-state index >= 15 is 0 Å². The fourth-order valence-electron chi connectivity index (χ4n) is 1.24. The Kier molecular flexibility index (Phi) is 2.96. The van der Waals surface area contributed by atoms with Gasteiger partial charge in [-0.3, -0.25) is 9.78 Å². The second-order valence-corrected chi connectivity index (χ2v) is 3.95. The summed E-state index contributed by atoms with van der Waals surface area (Å²) < 4.78 is 18.3. The molecule has 16 heavy (non-hydrogen) atoms. The zero-order valence-corrected chi connectivity index (χ0v) is 9.25. The minimum Gasteiger partial charge on any atom is -0.496 e. The van der Waals surface area contributed by atoms with E-state index in [2.05, 4.69) is 4.98 Å². The first-order valence-electron chi connectivity index (χ1n) is 4.49. The van der Waals surface area contributed by atoms with Gasteiger partial charge < -0.3 is 4.74 Å². The van der Waals surface area contributed by atoms with Gasteiger partial charge in [0.25, 0.3) is 0 Å². The van der Waals surface area contributed by atoms with Gasteiger partial charge in [0.1, 0.15) is 5.75 Å². The lowest BCUT2D eigenvalue weighted by Crippen LogP contribution is -2.02. The van der Waals surface area contributed by atoms with Crippen LogP contribution >= 0.6 is 11.3 Å². The first kappa shape index (κ1) is 10.8. The fraction of sp³-hybridized carbons (Fsp3) is 0.0909. The van der Waals surface area contributed by atoms with Gasteiger partial charge in [0, 0.05) is 17.6 Å². The highest BCUT2D eigenvalue weighted by molar-refractivity contribution is 7.12. The zero-order valence-electron chi connectivity index (χ0n) is 8.44. The molecule has 0 atom stereocenters. The second-order valence-electron chi connectivity index (χ2n) is 3.04. The van der Waals surface area contributed by atoms with Crippen molar-refractivity contribution in [1.29, 1.82) is 0 Å². The molecule has 0 bridgehead atoms. The highest BCUT2D eigenvalue weighted by atomic mass is 32.1. The van der Waals surface area contributed by atoms with E-state index in [-0.39, 0.29) is 11.3 Å². The Balaban J connectivity index is 2.35. The van der Waals surface area contributed by atoms with E-state index in [4.69, 9.17) is 4.74 Å². The lowest BCUT2D eigenvalue weighted by Gasteiger charge is -1.98. The molecule has 2 aromatic heterocycles. The van der Waals surface area contributed by atoms with E-state index in [1.165, 1.54) is 30.7 Å². The normalized spacial score (nSPS) is 10.1. The average molecular weight is 237 g/mol. The molecule has 2 aromatic rings. The number of rotatable bonds is 3. The maximum Gasteiger partial charge on any atom is 0.206 e. The molecule has 0 spiro atoms. The van der Waals surface area contributed by atoms with Crippen LogP contribution in [0, 0.1) is 5.82 Å². The molecule has 0 aliphatic heterocycles. The van der Waals surface area contributed by atoms with Crippen LogP contribution in [0.3, 0.4) is 0 Å². The van der Waals surface area contributed by atoms with Crippen LogP contribution in [0.1, 0.15) is 15.2 Å². The first-order chi connectivity index (χ1) is 7.72. The maximum absolute atomic E-state index is 13.3. The maximum atomic E-state index is 13.3. The summed E-state index contributed by atoms with van der Waals surface area (Å²) in [7, 11) is 1.52. The molecule has 2 rings (SSSR count). The molecule has 0 amide bonds. The van der Waals surface area contributed by atoms with Crippen LogP contribution in [0.2, 0.25) is 0 Å². The van der Waals surface area contributed by atoms with Gasteiger partial charge >= 0.3 is 0 Å². The number of ketones is 1. The molecule has 0 aliphatic rings. The van der Waals surface area contributed by atoms with E-state index in [1.54, 1.807) is 11.4 Å². The quantitative estimate of drug-likeness (QED) is 0.770. The number of carbonyl (C=O) groups excluding carboxylic acids is 1. The predicted octanol–water partition coefficient (Wildman–Crippen LogP) is 2.52. The van der Waals surface area contributed by atoms with Gasteiger partial charge in [-0.1, -0.05) is 0 Å². The van der Waals surface area contributed by atoms with E-state index in [1.807, 2.05) is 0 Å². The van der Waals surface area contributed by atoms with Crippen molar-refractivity contribution in [1.82, 2.24) is 4.98 Å². The van der Waals surface area contributed by atoms with Gasteiger partial charge in [-0.15, -0.1) is 11.3 Å². The molecule has 0 saturated carbocycles. The number of halogens is 1. The van der Waals surface area contributed by atoms with Gasteiger partial charge in [0.15, 0.2) is 5.82 Å². The Morgan fingerprint density at radius 1 is 1.56 bits per heavy atom. The van der Waals surface area contributed by atoms with E-state index in [9.17, 15) is 9.18 Å². The summed E-state index contributed by atoms with van der Waals surface area (Å²) in [5.41, 5.74) is 0.0273. The second kappa shape index (κ2) is 4.40. The summed E-state index contributed by atoms with van der Waals surface area (Å²) in [6.45, 7) is 0. The molecule has 5 heteroatoms. The molecule has 0 saturated heterocycles. The summed E-state index contributed by atoms with van der Waals surface area (Å²) in [5.74, 6) is -0.365. The minimum atomic E-state index is -0.611. The number of methoxy groups -OCH3 is 1. The van der Waals surface area contributed by atoms with Gasteiger partial charge in [0.05, 0.1) is 23.7 Å². The summed E-state index contributed by atoms with van der Waals surface area (Å²) in [4.78, 5) is 15.9. The van der Waals surface area contributed by atoms with E-state index in [0.29, 0.717) is 10.6 Å². The number of aromatic nitrogens is 1. The SMILES string of the molecule is COc1csc(C(=O)c2ccncc2F)c1. The van der Waals surface area contributed by atoms with Crippen LogP contribution < -0.4 is 4.74 Å². The Labute approximate surface area is 95.5 Å². The Morgan fingerprint density at radius 3 is 3.00 bits per heavy atom. The number of pyridine rings is 1. The largest absolute Gasteiger partial charge is 0.496 e. The molecule has 0 unspecified atom stereocenters. The highest BCUT2D eigenvalue weighted by Crippen LogP contribution is 2.24. The molecule has 3 nitrogen and oxygen atoms in total. The standard InChI is InChI=1S/C11H8FNO2S/c1-15-7-4-10(16-6-7)11(14)8-2-3-13-5-9(8)12/h2-6H,1H3. The highest BCUT2D eigenvalue weighted by Gasteiger charge is 2.15. The summed E-state index contributed by atoms with van der Waals surface area (Å²) in [6, 6.07) is 2.96. The first-order valence-corrected chi connectivity index (χ1v) is 5.37. The van der Waals surface area contributed by atoms with Crippen molar-refractivity contribution in [3.63, 3.8) is 0 Å². The number of ether oxygens (including phenoxy) is 1. The fourth-order valence-corrected chi connectivity index (χ4v) is 2.05. The van der Waals surface area contributed by atoms with Gasteiger partial charge in [-0.25, -0.2) is 4.39 Å². The number of thiophene rings is 1. The van der Waals surface area contributed by atoms with Crippen molar-refractivity contribution >= 4 is 17.1 Å². The van der Waals surface area contributed by atoms with Gasteiger partial charge in [-0.05, 0) is 6.07 Å². The van der Waals surface area contributed by atoms with Gasteiger partial charge in [-0.2, -0.15) is 0 Å². The summed E-state index contributed by atoms with van der Waals surface area (Å²) in [6.07, 6.45) is 2.42. The molecule has 0 N–H and O–H groups in total. The predicted molar refractivity (Wildman–Crippen MR) is 58.5 cm³/mol. The lowest BCUT2D eigenvalue weighted by atomic mass is 10.1.